The first kappa shape index (κ1) is 17.7. The maximum Gasteiger partial charge on any atom is 0.314 e. The third-order valence-corrected chi connectivity index (χ3v) is 4.18. The number of esters is 1. The molecule has 5 heteroatoms. The highest BCUT2D eigenvalue weighted by Gasteiger charge is 2.42. The van der Waals surface area contributed by atoms with Crippen LogP contribution in [0.1, 0.15) is 25.5 Å². The number of hydrogen-bond donors (Lipinski definition) is 0. The molecule has 0 aromatic heterocycles. The summed E-state index contributed by atoms with van der Waals surface area (Å²) in [4.78, 5) is 12.2. The van der Waals surface area contributed by atoms with Gasteiger partial charge in [-0.15, -0.1) is 0 Å². The number of carbonyl (C=O) groups excluding carboxylic acids is 1. The minimum absolute atomic E-state index is 0.284. The lowest BCUT2D eigenvalue weighted by Crippen LogP contribution is -2.39. The Morgan fingerprint density at radius 3 is 2.29 bits per heavy atom. The van der Waals surface area contributed by atoms with Crippen molar-refractivity contribution in [3.8, 4) is 5.75 Å². The van der Waals surface area contributed by atoms with Gasteiger partial charge in [0.2, 0.25) is 0 Å². The van der Waals surface area contributed by atoms with E-state index in [0.29, 0.717) is 0 Å². The van der Waals surface area contributed by atoms with E-state index < -0.39 is 13.7 Å². The first-order chi connectivity index (χ1) is 9.61. The molecular weight excluding hydrogens is 284 g/mol. The third kappa shape index (κ3) is 4.57. The molecule has 0 spiro atoms. The van der Waals surface area contributed by atoms with Crippen LogP contribution in [-0.4, -0.2) is 28.5 Å². The van der Waals surface area contributed by atoms with E-state index in [1.54, 1.807) is 7.11 Å². The molecule has 1 atom stereocenters. The predicted molar refractivity (Wildman–Crippen MR) is 86.0 cm³/mol. The summed E-state index contributed by atoms with van der Waals surface area (Å²) in [7, 11) is 1.18. The monoisotopic (exact) mass is 310 g/mol. The molecule has 0 aliphatic rings. The fraction of sp³-hybridized carbons (Fsp3) is 0.562. The molecule has 0 aliphatic heterocycles. The van der Waals surface area contributed by atoms with E-state index in [1.165, 1.54) is 7.11 Å². The minimum atomic E-state index is -1.85. The Labute approximate surface area is 128 Å². The van der Waals surface area contributed by atoms with Crippen molar-refractivity contribution in [3.05, 3.63) is 29.8 Å². The van der Waals surface area contributed by atoms with Gasteiger partial charge in [0.1, 0.15) is 5.75 Å². The number of rotatable bonds is 6. The second-order valence-electron chi connectivity index (χ2n) is 6.60. The van der Waals surface area contributed by atoms with Crippen molar-refractivity contribution < 1.29 is 18.7 Å². The lowest BCUT2D eigenvalue weighted by molar-refractivity contribution is -0.156. The smallest absolute Gasteiger partial charge is 0.314 e. The van der Waals surface area contributed by atoms with Crippen LogP contribution in [0.5, 0.6) is 5.75 Å². The van der Waals surface area contributed by atoms with E-state index in [4.69, 9.17) is 13.9 Å². The molecule has 0 heterocycles. The Kier molecular flexibility index (Phi) is 5.59. The summed E-state index contributed by atoms with van der Waals surface area (Å²) < 4.78 is 16.5. The summed E-state index contributed by atoms with van der Waals surface area (Å²) in [5, 5.41) is 0. The van der Waals surface area contributed by atoms with E-state index in [9.17, 15) is 4.79 Å². The Bertz CT molecular complexity index is 491. The van der Waals surface area contributed by atoms with Crippen molar-refractivity contribution >= 4 is 14.3 Å². The molecule has 1 aromatic carbocycles. The van der Waals surface area contributed by atoms with E-state index in [-0.39, 0.29) is 12.1 Å². The van der Waals surface area contributed by atoms with E-state index >= 15 is 0 Å². The molecule has 0 N–H and O–H groups in total. The zero-order valence-corrected chi connectivity index (χ0v) is 15.0. The zero-order valence-electron chi connectivity index (χ0n) is 14.0. The lowest BCUT2D eigenvalue weighted by atomic mass is 9.82. The quantitative estimate of drug-likeness (QED) is 0.592. The molecule has 0 bridgehead atoms. The highest BCUT2D eigenvalue weighted by Crippen LogP contribution is 2.40. The van der Waals surface area contributed by atoms with Gasteiger partial charge in [0, 0.05) is 0 Å². The van der Waals surface area contributed by atoms with Gasteiger partial charge in [-0.05, 0) is 51.2 Å². The Hall–Kier alpha value is -1.33. The first-order valence-electron chi connectivity index (χ1n) is 7.02. The van der Waals surface area contributed by atoms with Gasteiger partial charge in [0.25, 0.3) is 0 Å². The van der Waals surface area contributed by atoms with Crippen LogP contribution >= 0.6 is 0 Å². The van der Waals surface area contributed by atoms with Gasteiger partial charge in [0.05, 0.1) is 25.7 Å². The summed E-state index contributed by atoms with van der Waals surface area (Å²) >= 11 is 0. The molecule has 1 unspecified atom stereocenters. The molecule has 118 valence electrons. The molecular formula is C16H26O4Si. The van der Waals surface area contributed by atoms with E-state index in [1.807, 2.05) is 38.1 Å². The molecule has 0 saturated heterocycles. The van der Waals surface area contributed by atoms with E-state index in [0.717, 1.165) is 11.3 Å². The average Bonchev–Trinajstić information content (AvgIpc) is 2.42. The largest absolute Gasteiger partial charge is 0.497 e. The van der Waals surface area contributed by atoms with Gasteiger partial charge in [0.15, 0.2) is 8.32 Å². The molecule has 1 rings (SSSR count). The standard InChI is InChI=1S/C16H26O4Si/c1-16(2,15(17)19-4)14(20-21(5,6)7)12-9-8-10-13(11-12)18-3/h8-11,14H,1-7H3. The Balaban J connectivity index is 3.27. The van der Waals surface area contributed by atoms with Gasteiger partial charge >= 0.3 is 5.97 Å². The van der Waals surface area contributed by atoms with Gasteiger partial charge in [-0.1, -0.05) is 12.1 Å². The zero-order chi connectivity index (χ0) is 16.3. The van der Waals surface area contributed by atoms with Crippen LogP contribution in [0.2, 0.25) is 19.6 Å². The van der Waals surface area contributed by atoms with Crippen LogP contribution in [0.15, 0.2) is 24.3 Å². The summed E-state index contributed by atoms with van der Waals surface area (Å²) in [6.45, 7) is 10.0. The molecule has 0 fully saturated rings. The maximum absolute atomic E-state index is 12.2. The van der Waals surface area contributed by atoms with Gasteiger partial charge in [-0.25, -0.2) is 0 Å². The number of benzene rings is 1. The lowest BCUT2D eigenvalue weighted by Gasteiger charge is -2.36. The van der Waals surface area contributed by atoms with Crippen LogP contribution < -0.4 is 4.74 Å². The topological polar surface area (TPSA) is 44.8 Å². The summed E-state index contributed by atoms with van der Waals surface area (Å²) in [5.41, 5.74) is 0.147. The number of hydrogen-bond acceptors (Lipinski definition) is 4. The third-order valence-electron chi connectivity index (χ3n) is 3.23. The average molecular weight is 310 g/mol. The highest BCUT2D eigenvalue weighted by molar-refractivity contribution is 6.69. The summed E-state index contributed by atoms with van der Waals surface area (Å²) in [6.07, 6.45) is -0.369. The number of ether oxygens (including phenoxy) is 2. The van der Waals surface area contributed by atoms with Crippen molar-refractivity contribution in [2.75, 3.05) is 14.2 Å². The van der Waals surface area contributed by atoms with Crippen molar-refractivity contribution in [2.24, 2.45) is 5.41 Å². The van der Waals surface area contributed by atoms with Crippen molar-refractivity contribution in [1.29, 1.82) is 0 Å². The predicted octanol–water partition coefficient (Wildman–Crippen LogP) is 3.79. The van der Waals surface area contributed by atoms with Crippen LogP contribution in [0, 0.1) is 5.41 Å². The van der Waals surface area contributed by atoms with Crippen LogP contribution in [0.25, 0.3) is 0 Å². The Morgan fingerprint density at radius 1 is 1.19 bits per heavy atom. The Morgan fingerprint density at radius 2 is 1.81 bits per heavy atom. The fourth-order valence-electron chi connectivity index (χ4n) is 2.16. The normalized spacial score (nSPS) is 13.7. The molecule has 0 radical (unpaired) electrons. The van der Waals surface area contributed by atoms with Gasteiger partial charge in [-0.2, -0.15) is 0 Å². The van der Waals surface area contributed by atoms with Crippen LogP contribution in [0.3, 0.4) is 0 Å². The maximum atomic E-state index is 12.2. The molecule has 21 heavy (non-hydrogen) atoms. The van der Waals surface area contributed by atoms with Crippen molar-refractivity contribution in [2.45, 2.75) is 39.6 Å². The van der Waals surface area contributed by atoms with E-state index in [2.05, 4.69) is 19.6 Å². The molecule has 0 saturated carbocycles. The van der Waals surface area contributed by atoms with Crippen molar-refractivity contribution in [1.82, 2.24) is 0 Å². The van der Waals surface area contributed by atoms with Crippen molar-refractivity contribution in [3.63, 3.8) is 0 Å². The molecule has 0 aliphatic carbocycles. The van der Waals surface area contributed by atoms with Gasteiger partial charge < -0.3 is 13.9 Å². The van der Waals surface area contributed by atoms with Crippen LogP contribution in [-0.2, 0) is 14.0 Å². The first-order valence-corrected chi connectivity index (χ1v) is 10.4. The van der Waals surface area contributed by atoms with Crippen LogP contribution in [0.4, 0.5) is 0 Å². The second-order valence-corrected chi connectivity index (χ2v) is 11.1. The SMILES string of the molecule is COC(=O)C(C)(C)C(O[Si](C)(C)C)c1cccc(OC)c1. The minimum Gasteiger partial charge on any atom is -0.497 e. The summed E-state index contributed by atoms with van der Waals surface area (Å²) in [5.74, 6) is 0.464. The second kappa shape index (κ2) is 6.62. The molecule has 4 nitrogen and oxygen atoms in total. The molecule has 1 aromatic rings. The van der Waals surface area contributed by atoms with Gasteiger partial charge in [-0.3, -0.25) is 4.79 Å². The molecule has 0 amide bonds. The fourth-order valence-corrected chi connectivity index (χ4v) is 3.30. The highest BCUT2D eigenvalue weighted by atomic mass is 28.4. The number of methoxy groups -OCH3 is 2. The number of carbonyl (C=O) groups is 1. The summed E-state index contributed by atoms with van der Waals surface area (Å²) in [6, 6.07) is 7.65.